The number of rotatable bonds is 6. The van der Waals surface area contributed by atoms with Crippen LogP contribution in [0.3, 0.4) is 0 Å². The lowest BCUT2D eigenvalue weighted by Gasteiger charge is -2.20. The molecule has 0 fully saturated rings. The summed E-state index contributed by atoms with van der Waals surface area (Å²) in [7, 11) is -2.48. The van der Waals surface area contributed by atoms with Gasteiger partial charge < -0.3 is 4.74 Å². The Kier molecular flexibility index (Phi) is 5.81. The van der Waals surface area contributed by atoms with Gasteiger partial charge in [0.05, 0.1) is 12.0 Å². The number of carbonyl (C=O) groups is 1. The molecule has 1 aromatic rings. The van der Waals surface area contributed by atoms with Crippen LogP contribution in [0, 0.1) is 5.92 Å². The van der Waals surface area contributed by atoms with Crippen molar-refractivity contribution in [3.05, 3.63) is 29.3 Å². The molecule has 1 N–H and O–H groups in total. The van der Waals surface area contributed by atoms with Gasteiger partial charge in [-0.15, -0.1) is 0 Å². The second kappa shape index (κ2) is 7.45. The van der Waals surface area contributed by atoms with Crippen molar-refractivity contribution in [3.8, 4) is 0 Å². The van der Waals surface area contributed by atoms with Gasteiger partial charge in [0.15, 0.2) is 0 Å². The Bertz CT molecular complexity index is 667. The molecule has 0 saturated heterocycles. The summed E-state index contributed by atoms with van der Waals surface area (Å²) in [5.41, 5.74) is 2.32. The number of nitrogens with one attached hydrogen (secondary N) is 1. The maximum atomic E-state index is 12.6. The Morgan fingerprint density at radius 3 is 2.48 bits per heavy atom. The van der Waals surface area contributed by atoms with Crippen molar-refractivity contribution in [1.82, 2.24) is 4.72 Å². The Balaban J connectivity index is 2.24. The molecule has 1 atom stereocenters. The fraction of sp³-hybridized carbons (Fsp3) is 0.588. The minimum absolute atomic E-state index is 0.172. The van der Waals surface area contributed by atoms with Gasteiger partial charge in [0.2, 0.25) is 10.0 Å². The molecule has 0 saturated carbocycles. The molecule has 0 aliphatic heterocycles. The summed E-state index contributed by atoms with van der Waals surface area (Å²) in [5.74, 6) is -0.384. The van der Waals surface area contributed by atoms with E-state index in [-0.39, 0.29) is 10.8 Å². The number of sulfonamides is 1. The van der Waals surface area contributed by atoms with Crippen molar-refractivity contribution in [2.75, 3.05) is 7.11 Å². The zero-order valence-corrected chi connectivity index (χ0v) is 14.8. The molecule has 1 aromatic carbocycles. The van der Waals surface area contributed by atoms with Crippen LogP contribution in [0.5, 0.6) is 0 Å². The minimum Gasteiger partial charge on any atom is -0.468 e. The van der Waals surface area contributed by atoms with E-state index in [0.29, 0.717) is 6.42 Å². The van der Waals surface area contributed by atoms with E-state index in [1.54, 1.807) is 12.1 Å². The van der Waals surface area contributed by atoms with Gasteiger partial charge in [0.1, 0.15) is 6.04 Å². The third-order valence-electron chi connectivity index (χ3n) is 4.12. The van der Waals surface area contributed by atoms with E-state index in [1.807, 2.05) is 19.9 Å². The van der Waals surface area contributed by atoms with Crippen LogP contribution in [0.1, 0.15) is 44.2 Å². The Hall–Kier alpha value is -1.40. The summed E-state index contributed by atoms with van der Waals surface area (Å²) < 4.78 is 32.4. The first-order valence-electron chi connectivity index (χ1n) is 8.05. The zero-order valence-electron chi connectivity index (χ0n) is 14.0. The van der Waals surface area contributed by atoms with E-state index in [4.69, 9.17) is 4.74 Å². The van der Waals surface area contributed by atoms with Gasteiger partial charge in [-0.05, 0) is 61.3 Å². The van der Waals surface area contributed by atoms with Crippen molar-refractivity contribution < 1.29 is 17.9 Å². The highest BCUT2D eigenvalue weighted by molar-refractivity contribution is 7.89. The first-order valence-corrected chi connectivity index (χ1v) is 9.53. The molecule has 0 amide bonds. The number of ether oxygens (including phenoxy) is 1. The van der Waals surface area contributed by atoms with E-state index >= 15 is 0 Å². The molecular weight excluding hydrogens is 314 g/mol. The maximum Gasteiger partial charge on any atom is 0.323 e. The van der Waals surface area contributed by atoms with Gasteiger partial charge in [-0.1, -0.05) is 19.9 Å². The molecule has 0 heterocycles. The van der Waals surface area contributed by atoms with E-state index in [1.165, 1.54) is 12.7 Å². The first-order chi connectivity index (χ1) is 10.8. The largest absolute Gasteiger partial charge is 0.468 e. The van der Waals surface area contributed by atoms with Crippen LogP contribution in [-0.2, 0) is 32.4 Å². The van der Waals surface area contributed by atoms with Gasteiger partial charge in [0, 0.05) is 0 Å². The number of benzene rings is 1. The SMILES string of the molecule is COC(=O)C(CC(C)C)NS(=O)(=O)c1ccc2c(c1)CCCC2. The van der Waals surface area contributed by atoms with Crippen LogP contribution in [0.4, 0.5) is 0 Å². The molecule has 5 nitrogen and oxygen atoms in total. The van der Waals surface area contributed by atoms with Crippen molar-refractivity contribution >= 4 is 16.0 Å². The topological polar surface area (TPSA) is 72.5 Å². The quantitative estimate of drug-likeness (QED) is 0.808. The van der Waals surface area contributed by atoms with Gasteiger partial charge in [-0.2, -0.15) is 4.72 Å². The highest BCUT2D eigenvalue weighted by Crippen LogP contribution is 2.24. The molecular formula is C17H25NO4S. The minimum atomic E-state index is -3.74. The molecule has 2 rings (SSSR count). The van der Waals surface area contributed by atoms with E-state index < -0.39 is 22.0 Å². The monoisotopic (exact) mass is 339 g/mol. The highest BCUT2D eigenvalue weighted by Gasteiger charge is 2.27. The van der Waals surface area contributed by atoms with Gasteiger partial charge in [-0.25, -0.2) is 8.42 Å². The van der Waals surface area contributed by atoms with E-state index in [0.717, 1.165) is 31.2 Å². The van der Waals surface area contributed by atoms with Crippen LogP contribution >= 0.6 is 0 Å². The van der Waals surface area contributed by atoms with Crippen LogP contribution in [0.15, 0.2) is 23.1 Å². The Morgan fingerprint density at radius 2 is 1.87 bits per heavy atom. The number of hydrogen-bond acceptors (Lipinski definition) is 4. The number of carbonyl (C=O) groups excluding carboxylic acids is 1. The van der Waals surface area contributed by atoms with E-state index in [2.05, 4.69) is 4.72 Å². The average Bonchev–Trinajstić information content (AvgIpc) is 2.52. The predicted molar refractivity (Wildman–Crippen MR) is 88.7 cm³/mol. The molecule has 0 spiro atoms. The number of methoxy groups -OCH3 is 1. The lowest BCUT2D eigenvalue weighted by Crippen LogP contribution is -2.42. The summed E-state index contributed by atoms with van der Waals surface area (Å²) in [5, 5.41) is 0. The third kappa shape index (κ3) is 4.54. The lowest BCUT2D eigenvalue weighted by molar-refractivity contribution is -0.143. The summed E-state index contributed by atoms with van der Waals surface area (Å²) in [6.45, 7) is 3.87. The standard InChI is InChI=1S/C17H25NO4S/c1-12(2)10-16(17(19)22-3)18-23(20,21)15-9-8-13-6-4-5-7-14(13)11-15/h8-9,11-12,16,18H,4-7,10H2,1-3H3. The summed E-state index contributed by atoms with van der Waals surface area (Å²) >= 11 is 0. The smallest absolute Gasteiger partial charge is 0.323 e. The van der Waals surface area contributed by atoms with Crippen molar-refractivity contribution in [1.29, 1.82) is 0 Å². The molecule has 23 heavy (non-hydrogen) atoms. The maximum absolute atomic E-state index is 12.6. The normalized spacial score (nSPS) is 16.0. The van der Waals surface area contributed by atoms with Crippen molar-refractivity contribution in [2.24, 2.45) is 5.92 Å². The molecule has 128 valence electrons. The lowest BCUT2D eigenvalue weighted by atomic mass is 9.92. The van der Waals surface area contributed by atoms with Crippen molar-refractivity contribution in [3.63, 3.8) is 0 Å². The second-order valence-electron chi connectivity index (χ2n) is 6.46. The molecule has 0 aromatic heterocycles. The Labute approximate surface area is 138 Å². The molecule has 1 aliphatic rings. The van der Waals surface area contributed by atoms with Gasteiger partial charge in [0.25, 0.3) is 0 Å². The number of fused-ring (bicyclic) bond motifs is 1. The van der Waals surface area contributed by atoms with Crippen LogP contribution in [-0.4, -0.2) is 27.5 Å². The Morgan fingerprint density at radius 1 is 1.22 bits per heavy atom. The predicted octanol–water partition coefficient (Wildman–Crippen LogP) is 2.43. The van der Waals surface area contributed by atoms with Crippen LogP contribution in [0.25, 0.3) is 0 Å². The molecule has 0 radical (unpaired) electrons. The van der Waals surface area contributed by atoms with Gasteiger partial charge in [-0.3, -0.25) is 4.79 Å². The first kappa shape index (κ1) is 17.9. The molecule has 6 heteroatoms. The summed E-state index contributed by atoms with van der Waals surface area (Å²) in [6.07, 6.45) is 4.54. The van der Waals surface area contributed by atoms with Crippen molar-refractivity contribution in [2.45, 2.75) is 56.9 Å². The number of esters is 1. The van der Waals surface area contributed by atoms with Crippen LogP contribution < -0.4 is 4.72 Å². The zero-order chi connectivity index (χ0) is 17.0. The second-order valence-corrected chi connectivity index (χ2v) is 8.18. The number of aryl methyl sites for hydroxylation is 2. The molecule has 1 unspecified atom stereocenters. The summed E-state index contributed by atoms with van der Waals surface area (Å²) in [4.78, 5) is 12.1. The fourth-order valence-corrected chi connectivity index (χ4v) is 4.19. The van der Waals surface area contributed by atoms with Gasteiger partial charge >= 0.3 is 5.97 Å². The van der Waals surface area contributed by atoms with E-state index in [9.17, 15) is 13.2 Å². The summed E-state index contributed by atoms with van der Waals surface area (Å²) in [6, 6.07) is 4.39. The molecule has 1 aliphatic carbocycles. The number of hydrogen-bond donors (Lipinski definition) is 1. The third-order valence-corrected chi connectivity index (χ3v) is 5.59. The fourth-order valence-electron chi connectivity index (χ4n) is 2.94. The van der Waals surface area contributed by atoms with Crippen LogP contribution in [0.2, 0.25) is 0 Å². The molecule has 0 bridgehead atoms. The average molecular weight is 339 g/mol. The highest BCUT2D eigenvalue weighted by atomic mass is 32.2.